The van der Waals surface area contributed by atoms with Crippen molar-refractivity contribution in [3.63, 3.8) is 0 Å². The van der Waals surface area contributed by atoms with Crippen molar-refractivity contribution in [2.75, 3.05) is 0 Å². The fourth-order valence-electron chi connectivity index (χ4n) is 5.69. The molecule has 2 unspecified atom stereocenters. The van der Waals surface area contributed by atoms with Crippen LogP contribution in [0.25, 0.3) is 41.7 Å². The molecule has 1 aliphatic rings. The number of amidine groups is 1. The molecule has 0 saturated carbocycles. The fourth-order valence-corrected chi connectivity index (χ4v) is 6.77. The van der Waals surface area contributed by atoms with Gasteiger partial charge in [-0.2, -0.15) is 0 Å². The maximum atomic E-state index is 5.21. The second-order valence-corrected chi connectivity index (χ2v) is 11.2. The Hall–Kier alpha value is -4.51. The summed E-state index contributed by atoms with van der Waals surface area (Å²) in [7, 11) is 0. The summed E-state index contributed by atoms with van der Waals surface area (Å²) >= 11 is 1.85. The molecule has 2 heterocycles. The molecular weight excluding hydrogens is 494 g/mol. The molecule has 186 valence electrons. The van der Waals surface area contributed by atoms with E-state index in [1.54, 1.807) is 0 Å². The monoisotopic (exact) mass is 519 g/mol. The van der Waals surface area contributed by atoms with E-state index >= 15 is 0 Å². The third-order valence-corrected chi connectivity index (χ3v) is 8.86. The Morgan fingerprint density at radius 3 is 2.05 bits per heavy atom. The zero-order chi connectivity index (χ0) is 25.8. The Labute approximate surface area is 230 Å². The summed E-state index contributed by atoms with van der Waals surface area (Å²) in [6.45, 7) is 0. The van der Waals surface area contributed by atoms with Crippen molar-refractivity contribution in [1.82, 2.24) is 10.6 Å². The molecule has 0 aliphatic carbocycles. The zero-order valence-corrected chi connectivity index (χ0v) is 22.0. The third kappa shape index (κ3) is 3.97. The number of hydrogen-bond acceptors (Lipinski definition) is 4. The lowest BCUT2D eigenvalue weighted by Crippen LogP contribution is -2.44. The maximum absolute atomic E-state index is 5.21. The molecule has 0 radical (unpaired) electrons. The third-order valence-electron chi connectivity index (χ3n) is 7.71. The normalized spacial score (nSPS) is 17.5. The number of thiophene rings is 1. The molecule has 6 aromatic carbocycles. The number of nitrogens with zero attached hydrogens (tertiary/aromatic N) is 1. The molecule has 0 bridgehead atoms. The van der Waals surface area contributed by atoms with Gasteiger partial charge in [-0.25, -0.2) is 4.99 Å². The Bertz CT molecular complexity index is 2050. The van der Waals surface area contributed by atoms with Crippen molar-refractivity contribution in [2.45, 2.75) is 12.3 Å². The van der Waals surface area contributed by atoms with Gasteiger partial charge in [-0.15, -0.1) is 11.3 Å². The number of aliphatic imine (C=N–C) groups is 1. The molecule has 2 N–H and O–H groups in total. The summed E-state index contributed by atoms with van der Waals surface area (Å²) in [5, 5.41) is 15.0. The van der Waals surface area contributed by atoms with Crippen LogP contribution in [0.5, 0.6) is 0 Å². The second-order valence-electron chi connectivity index (χ2n) is 10.1. The van der Waals surface area contributed by atoms with Crippen LogP contribution in [0, 0.1) is 0 Å². The molecule has 7 aromatic rings. The van der Waals surface area contributed by atoms with Crippen molar-refractivity contribution in [2.24, 2.45) is 4.99 Å². The highest BCUT2D eigenvalue weighted by molar-refractivity contribution is 7.25. The van der Waals surface area contributed by atoms with Gasteiger partial charge in [-0.3, -0.25) is 5.32 Å². The van der Waals surface area contributed by atoms with E-state index < -0.39 is 0 Å². The smallest absolute Gasteiger partial charge is 0.131 e. The van der Waals surface area contributed by atoms with Crippen molar-refractivity contribution < 1.29 is 0 Å². The molecule has 1 aliphatic heterocycles. The fraction of sp³-hybridized carbons (Fsp3) is 0.0571. The van der Waals surface area contributed by atoms with Crippen LogP contribution in [0.15, 0.2) is 132 Å². The van der Waals surface area contributed by atoms with Crippen LogP contribution in [-0.2, 0) is 0 Å². The highest BCUT2D eigenvalue weighted by atomic mass is 32.1. The van der Waals surface area contributed by atoms with E-state index in [0.29, 0.717) is 0 Å². The predicted octanol–water partition coefficient (Wildman–Crippen LogP) is 8.70. The molecule has 4 heteroatoms. The van der Waals surface area contributed by atoms with Gasteiger partial charge in [0, 0.05) is 25.7 Å². The van der Waals surface area contributed by atoms with Gasteiger partial charge in [-0.1, -0.05) is 97.1 Å². The number of nitrogens with one attached hydrogen (secondary N) is 2. The quantitative estimate of drug-likeness (QED) is 0.245. The first-order valence-corrected chi connectivity index (χ1v) is 14.1. The molecule has 0 fully saturated rings. The highest BCUT2D eigenvalue weighted by Gasteiger charge is 2.26. The lowest BCUT2D eigenvalue weighted by atomic mass is 10.0. The van der Waals surface area contributed by atoms with Crippen LogP contribution < -0.4 is 10.6 Å². The SMILES string of the molecule is c1ccc2cc(C3=NC(c4ccc5ccccc5c4)NC(c4ccc5sc6ccccc6c5c4)N3)ccc2c1. The minimum Gasteiger partial charge on any atom is -0.350 e. The summed E-state index contributed by atoms with van der Waals surface area (Å²) in [4.78, 5) is 5.21. The molecule has 39 heavy (non-hydrogen) atoms. The number of fused-ring (bicyclic) bond motifs is 5. The van der Waals surface area contributed by atoms with Gasteiger partial charge in [-0.05, 0) is 63.0 Å². The average Bonchev–Trinajstić information content (AvgIpc) is 3.38. The van der Waals surface area contributed by atoms with Crippen molar-refractivity contribution in [3.05, 3.63) is 144 Å². The van der Waals surface area contributed by atoms with Crippen LogP contribution in [0.2, 0.25) is 0 Å². The van der Waals surface area contributed by atoms with E-state index in [4.69, 9.17) is 4.99 Å². The van der Waals surface area contributed by atoms with Gasteiger partial charge >= 0.3 is 0 Å². The molecule has 0 spiro atoms. The van der Waals surface area contributed by atoms with Gasteiger partial charge in [0.15, 0.2) is 0 Å². The first kappa shape index (κ1) is 22.5. The number of hydrogen-bond donors (Lipinski definition) is 2. The summed E-state index contributed by atoms with van der Waals surface area (Å²) in [5.41, 5.74) is 3.44. The Morgan fingerprint density at radius 2 is 1.21 bits per heavy atom. The molecule has 0 saturated heterocycles. The lowest BCUT2D eigenvalue weighted by molar-refractivity contribution is 0.409. The minimum absolute atomic E-state index is 0.0940. The van der Waals surface area contributed by atoms with Crippen LogP contribution in [-0.4, -0.2) is 5.84 Å². The largest absolute Gasteiger partial charge is 0.350 e. The van der Waals surface area contributed by atoms with Crippen LogP contribution in [0.1, 0.15) is 29.0 Å². The molecule has 0 amide bonds. The van der Waals surface area contributed by atoms with E-state index in [0.717, 1.165) is 17.0 Å². The maximum Gasteiger partial charge on any atom is 0.131 e. The molecule has 8 rings (SSSR count). The van der Waals surface area contributed by atoms with E-state index in [2.05, 4.69) is 138 Å². The first-order valence-electron chi connectivity index (χ1n) is 13.3. The molecule has 3 nitrogen and oxygen atoms in total. The van der Waals surface area contributed by atoms with E-state index in [1.807, 2.05) is 11.3 Å². The van der Waals surface area contributed by atoms with Gasteiger partial charge < -0.3 is 5.32 Å². The summed E-state index contributed by atoms with van der Waals surface area (Å²) in [6, 6.07) is 45.7. The van der Waals surface area contributed by atoms with Crippen LogP contribution in [0.4, 0.5) is 0 Å². The van der Waals surface area contributed by atoms with E-state index in [-0.39, 0.29) is 12.3 Å². The second kappa shape index (κ2) is 9.05. The Morgan fingerprint density at radius 1 is 0.538 bits per heavy atom. The van der Waals surface area contributed by atoms with Gasteiger partial charge in [0.25, 0.3) is 0 Å². The number of rotatable bonds is 3. The zero-order valence-electron chi connectivity index (χ0n) is 21.1. The van der Waals surface area contributed by atoms with Crippen LogP contribution >= 0.6 is 11.3 Å². The molecule has 2 atom stereocenters. The Balaban J connectivity index is 1.25. The van der Waals surface area contributed by atoms with Crippen LogP contribution in [0.3, 0.4) is 0 Å². The van der Waals surface area contributed by atoms with E-state index in [1.165, 1.54) is 47.3 Å². The first-order chi connectivity index (χ1) is 19.3. The molecular formula is C35H25N3S. The minimum atomic E-state index is -0.183. The lowest BCUT2D eigenvalue weighted by Gasteiger charge is -2.32. The van der Waals surface area contributed by atoms with Crippen molar-refractivity contribution in [1.29, 1.82) is 0 Å². The topological polar surface area (TPSA) is 36.4 Å². The summed E-state index contributed by atoms with van der Waals surface area (Å²) in [5.74, 6) is 0.901. The van der Waals surface area contributed by atoms with Crippen molar-refractivity contribution in [3.8, 4) is 0 Å². The standard InChI is InChI=1S/C35H25N3S/c1-3-9-24-19-26(15-13-22(24)7-1)33-36-34(27-16-14-23-8-2-4-10-25(23)20-27)38-35(37-33)28-17-18-32-30(21-28)29-11-5-6-12-31(29)39-32/h1-21,33,35,37H,(H,36,38). The summed E-state index contributed by atoms with van der Waals surface area (Å²) in [6.07, 6.45) is -0.277. The number of benzene rings is 6. The molecule has 1 aromatic heterocycles. The van der Waals surface area contributed by atoms with Gasteiger partial charge in [0.05, 0.1) is 0 Å². The van der Waals surface area contributed by atoms with Gasteiger partial charge in [0.2, 0.25) is 0 Å². The average molecular weight is 520 g/mol. The van der Waals surface area contributed by atoms with Gasteiger partial charge in [0.1, 0.15) is 18.2 Å². The Kier molecular flexibility index (Phi) is 5.22. The highest BCUT2D eigenvalue weighted by Crippen LogP contribution is 2.36. The van der Waals surface area contributed by atoms with Crippen molar-refractivity contribution >= 4 is 58.9 Å². The van der Waals surface area contributed by atoms with E-state index in [9.17, 15) is 0 Å². The summed E-state index contributed by atoms with van der Waals surface area (Å²) < 4.78 is 2.63. The predicted molar refractivity (Wildman–Crippen MR) is 166 cm³/mol.